The van der Waals surface area contributed by atoms with Crippen LogP contribution in [-0.2, 0) is 0 Å². The average molecular weight is 200 g/mol. The summed E-state index contributed by atoms with van der Waals surface area (Å²) in [6.45, 7) is 0. The summed E-state index contributed by atoms with van der Waals surface area (Å²) in [5.41, 5.74) is 5.29. The van der Waals surface area contributed by atoms with Gasteiger partial charge in [0.15, 0.2) is 11.5 Å². The first kappa shape index (κ1) is 9.63. The highest BCUT2D eigenvalue weighted by atomic mass is 16.5. The Bertz CT molecular complexity index is 463. The average Bonchev–Trinajstić information content (AvgIpc) is 2.81. The topological polar surface area (TPSA) is 18.5 Å². The summed E-state index contributed by atoms with van der Waals surface area (Å²) in [7, 11) is 3.27. The van der Waals surface area contributed by atoms with E-state index in [0.717, 1.165) is 22.6 Å². The highest BCUT2D eigenvalue weighted by Gasteiger charge is 2.06. The Labute approximate surface area is 89.1 Å². The van der Waals surface area contributed by atoms with Crippen molar-refractivity contribution >= 4 is 5.57 Å². The van der Waals surface area contributed by atoms with Gasteiger partial charge >= 0.3 is 0 Å². The van der Waals surface area contributed by atoms with Crippen molar-refractivity contribution < 1.29 is 9.47 Å². The second kappa shape index (κ2) is 4.07. The normalized spacial score (nSPS) is 12.8. The van der Waals surface area contributed by atoms with Crippen LogP contribution in [0.2, 0.25) is 0 Å². The molecular formula is C13H12O2. The summed E-state index contributed by atoms with van der Waals surface area (Å²) in [6, 6.07) is 5.84. The van der Waals surface area contributed by atoms with Crippen molar-refractivity contribution in [1.29, 1.82) is 0 Å². The molecule has 2 rings (SSSR count). The first-order valence-corrected chi connectivity index (χ1v) is 4.71. The van der Waals surface area contributed by atoms with Gasteiger partial charge in [-0.05, 0) is 35.9 Å². The smallest absolute Gasteiger partial charge is 0.161 e. The second-order valence-corrected chi connectivity index (χ2v) is 3.15. The van der Waals surface area contributed by atoms with Crippen LogP contribution >= 0.6 is 0 Å². The fourth-order valence-electron chi connectivity index (χ4n) is 1.51. The van der Waals surface area contributed by atoms with Crippen molar-refractivity contribution in [2.75, 3.05) is 14.2 Å². The van der Waals surface area contributed by atoms with Crippen LogP contribution in [-0.4, -0.2) is 14.2 Å². The third kappa shape index (κ3) is 1.80. The van der Waals surface area contributed by atoms with Gasteiger partial charge in [-0.25, -0.2) is 0 Å². The van der Waals surface area contributed by atoms with Gasteiger partial charge in [-0.15, -0.1) is 5.73 Å². The van der Waals surface area contributed by atoms with Crippen molar-refractivity contribution in [2.45, 2.75) is 0 Å². The van der Waals surface area contributed by atoms with E-state index in [1.807, 2.05) is 36.4 Å². The number of allylic oxidation sites excluding steroid dienone is 3. The number of ether oxygens (including phenoxy) is 2. The molecule has 0 aromatic heterocycles. The van der Waals surface area contributed by atoms with Gasteiger partial charge < -0.3 is 9.47 Å². The number of hydrogen-bond donors (Lipinski definition) is 0. The van der Waals surface area contributed by atoms with Crippen LogP contribution in [0.3, 0.4) is 0 Å². The number of methoxy groups -OCH3 is 2. The molecule has 1 aliphatic carbocycles. The summed E-state index contributed by atoms with van der Waals surface area (Å²) in [4.78, 5) is 0. The van der Waals surface area contributed by atoms with E-state index in [9.17, 15) is 0 Å². The Morgan fingerprint density at radius 3 is 2.47 bits per heavy atom. The highest BCUT2D eigenvalue weighted by molar-refractivity contribution is 5.77. The molecule has 0 N–H and O–H groups in total. The number of benzene rings is 1. The van der Waals surface area contributed by atoms with Crippen LogP contribution in [0.4, 0.5) is 0 Å². The van der Waals surface area contributed by atoms with Gasteiger partial charge in [-0.1, -0.05) is 6.08 Å². The standard InChI is InChI=1S/C13H12O2/c1-14-12-8-7-11(9-13(12)15-2)10-5-3-4-6-10/h3-5,7-9H,1-2H3. The third-order valence-corrected chi connectivity index (χ3v) is 2.29. The minimum atomic E-state index is 0.740. The third-order valence-electron chi connectivity index (χ3n) is 2.29. The molecule has 0 saturated carbocycles. The molecule has 2 heteroatoms. The van der Waals surface area contributed by atoms with Crippen LogP contribution in [0.25, 0.3) is 5.57 Å². The van der Waals surface area contributed by atoms with E-state index < -0.39 is 0 Å². The lowest BCUT2D eigenvalue weighted by Gasteiger charge is -2.08. The first-order chi connectivity index (χ1) is 7.35. The van der Waals surface area contributed by atoms with Crippen LogP contribution in [0.5, 0.6) is 11.5 Å². The van der Waals surface area contributed by atoms with E-state index in [1.165, 1.54) is 0 Å². The fraction of sp³-hybridized carbons (Fsp3) is 0.154. The van der Waals surface area contributed by atoms with E-state index in [4.69, 9.17) is 9.47 Å². The van der Waals surface area contributed by atoms with Gasteiger partial charge in [0.25, 0.3) is 0 Å². The SMILES string of the molecule is COc1ccc(C2=C=CC=C2)cc1OC. The molecule has 0 amide bonds. The first-order valence-electron chi connectivity index (χ1n) is 4.71. The summed E-state index contributed by atoms with van der Waals surface area (Å²) < 4.78 is 10.4. The molecule has 0 bridgehead atoms. The predicted molar refractivity (Wildman–Crippen MR) is 60.2 cm³/mol. The Morgan fingerprint density at radius 1 is 1.07 bits per heavy atom. The largest absolute Gasteiger partial charge is 0.493 e. The Hall–Kier alpha value is -1.92. The van der Waals surface area contributed by atoms with E-state index >= 15 is 0 Å². The lowest BCUT2D eigenvalue weighted by Crippen LogP contribution is -1.91. The van der Waals surface area contributed by atoms with Gasteiger partial charge in [0.1, 0.15) is 0 Å². The zero-order valence-electron chi connectivity index (χ0n) is 8.78. The van der Waals surface area contributed by atoms with Gasteiger partial charge in [-0.3, -0.25) is 0 Å². The number of hydrogen-bond acceptors (Lipinski definition) is 2. The Kier molecular flexibility index (Phi) is 2.61. The molecule has 1 aromatic carbocycles. The van der Waals surface area contributed by atoms with Crippen molar-refractivity contribution in [1.82, 2.24) is 0 Å². The number of rotatable bonds is 3. The van der Waals surface area contributed by atoms with Gasteiger partial charge in [0.05, 0.1) is 14.2 Å². The van der Waals surface area contributed by atoms with Crippen LogP contribution < -0.4 is 9.47 Å². The monoisotopic (exact) mass is 200 g/mol. The summed E-state index contributed by atoms with van der Waals surface area (Å²) in [5, 5.41) is 0. The van der Waals surface area contributed by atoms with Crippen molar-refractivity contribution in [3.8, 4) is 11.5 Å². The van der Waals surface area contributed by atoms with Gasteiger partial charge in [-0.2, -0.15) is 0 Å². The summed E-state index contributed by atoms with van der Waals surface area (Å²) in [6.07, 6.45) is 5.87. The molecular weight excluding hydrogens is 188 g/mol. The molecule has 0 fully saturated rings. The zero-order chi connectivity index (χ0) is 10.7. The molecule has 15 heavy (non-hydrogen) atoms. The summed E-state index contributed by atoms with van der Waals surface area (Å²) in [5.74, 6) is 1.48. The maximum absolute atomic E-state index is 5.24. The maximum Gasteiger partial charge on any atom is 0.161 e. The zero-order valence-corrected chi connectivity index (χ0v) is 8.78. The van der Waals surface area contributed by atoms with Gasteiger partial charge in [0.2, 0.25) is 0 Å². The van der Waals surface area contributed by atoms with E-state index in [-0.39, 0.29) is 0 Å². The molecule has 0 heterocycles. The molecule has 0 atom stereocenters. The van der Waals surface area contributed by atoms with Crippen molar-refractivity contribution in [3.05, 3.63) is 47.7 Å². The van der Waals surface area contributed by atoms with Gasteiger partial charge in [0, 0.05) is 5.57 Å². The molecule has 0 aliphatic heterocycles. The van der Waals surface area contributed by atoms with E-state index in [1.54, 1.807) is 14.2 Å². The molecule has 1 aliphatic rings. The highest BCUT2D eigenvalue weighted by Crippen LogP contribution is 2.30. The molecule has 1 aromatic rings. The van der Waals surface area contributed by atoms with Crippen molar-refractivity contribution in [2.24, 2.45) is 0 Å². The molecule has 0 radical (unpaired) electrons. The van der Waals surface area contributed by atoms with Crippen LogP contribution in [0.15, 0.2) is 42.2 Å². The van der Waals surface area contributed by atoms with E-state index in [0.29, 0.717) is 0 Å². The molecule has 76 valence electrons. The Morgan fingerprint density at radius 2 is 1.87 bits per heavy atom. The minimum absolute atomic E-state index is 0.740. The maximum atomic E-state index is 5.24. The quantitative estimate of drug-likeness (QED) is 0.698. The predicted octanol–water partition coefficient (Wildman–Crippen LogP) is 2.81. The second-order valence-electron chi connectivity index (χ2n) is 3.15. The molecule has 0 spiro atoms. The molecule has 0 saturated heterocycles. The van der Waals surface area contributed by atoms with Crippen LogP contribution in [0.1, 0.15) is 5.56 Å². The molecule has 2 nitrogen and oxygen atoms in total. The minimum Gasteiger partial charge on any atom is -0.493 e. The fourth-order valence-corrected chi connectivity index (χ4v) is 1.51. The lowest BCUT2D eigenvalue weighted by atomic mass is 10.1. The van der Waals surface area contributed by atoms with Crippen molar-refractivity contribution in [3.63, 3.8) is 0 Å². The molecule has 0 unspecified atom stereocenters. The summed E-state index contributed by atoms with van der Waals surface area (Å²) >= 11 is 0. The van der Waals surface area contributed by atoms with Crippen LogP contribution in [0, 0.1) is 0 Å². The lowest BCUT2D eigenvalue weighted by molar-refractivity contribution is 0.355. The van der Waals surface area contributed by atoms with E-state index in [2.05, 4.69) is 5.73 Å². The Balaban J connectivity index is 2.43.